The molecule has 0 saturated carbocycles. The molecule has 22 nitrogen and oxygen atoms in total. The summed E-state index contributed by atoms with van der Waals surface area (Å²) in [6, 6.07) is 28.4. The van der Waals surface area contributed by atoms with E-state index in [2.05, 4.69) is 109 Å². The summed E-state index contributed by atoms with van der Waals surface area (Å²) < 4.78 is 62.3. The molecule has 2 aliphatic heterocycles. The Morgan fingerprint density at radius 1 is 0.522 bits per heavy atom. The van der Waals surface area contributed by atoms with E-state index < -0.39 is 39.4 Å². The first-order valence-electron chi connectivity index (χ1n) is 38.4. The fourth-order valence-electron chi connectivity index (χ4n) is 14.3. The van der Waals surface area contributed by atoms with Crippen molar-refractivity contribution in [2.75, 3.05) is 63.7 Å². The molecule has 3 N–H and O–H groups in total. The quantitative estimate of drug-likeness (QED) is 0.121. The first-order valence-corrected chi connectivity index (χ1v) is 45.0. The van der Waals surface area contributed by atoms with Crippen molar-refractivity contribution in [3.63, 3.8) is 0 Å². The van der Waals surface area contributed by atoms with Crippen LogP contribution in [0, 0.1) is 11.6 Å². The molecule has 14 rings (SSSR count). The van der Waals surface area contributed by atoms with E-state index in [0.717, 1.165) is 55.9 Å². The highest BCUT2D eigenvalue weighted by Crippen LogP contribution is 2.45. The van der Waals surface area contributed by atoms with Crippen LogP contribution in [0.25, 0.3) is 55.2 Å². The molecule has 2 atom stereocenters. The van der Waals surface area contributed by atoms with Gasteiger partial charge in [0, 0.05) is 112 Å². The molecule has 0 spiro atoms. The molecule has 4 aromatic carbocycles. The second-order valence-electron chi connectivity index (χ2n) is 34.8. The summed E-state index contributed by atoms with van der Waals surface area (Å²) in [5.74, 6) is -0.431. The van der Waals surface area contributed by atoms with Crippen LogP contribution in [0.5, 0.6) is 0 Å². The lowest BCUT2D eigenvalue weighted by Crippen LogP contribution is -2.45. The van der Waals surface area contributed by atoms with Gasteiger partial charge < -0.3 is 48.3 Å². The largest absolute Gasteiger partial charge is 0.413 e. The number of carbonyl (C=O) groups is 2. The van der Waals surface area contributed by atoms with Crippen molar-refractivity contribution >= 4 is 83.2 Å². The molecule has 27 heteroatoms. The van der Waals surface area contributed by atoms with E-state index in [9.17, 15) is 28.8 Å². The summed E-state index contributed by atoms with van der Waals surface area (Å²) in [6.07, 6.45) is 7.51. The maximum Gasteiger partial charge on any atom is 0.282 e. The van der Waals surface area contributed by atoms with Gasteiger partial charge in [0.1, 0.15) is 29.0 Å². The third-order valence-corrected chi connectivity index (χ3v) is 32.6. The van der Waals surface area contributed by atoms with Crippen LogP contribution in [-0.2, 0) is 68.9 Å². The summed E-state index contributed by atoms with van der Waals surface area (Å²) in [5.41, 5.74) is 14.2. The van der Waals surface area contributed by atoms with Crippen LogP contribution in [0.1, 0.15) is 137 Å². The normalized spacial score (nSPS) is 16.2. The number of nitrogens with one attached hydrogen (secondary N) is 1. The van der Waals surface area contributed by atoms with Crippen molar-refractivity contribution in [2.24, 2.45) is 14.1 Å². The molecule has 2 fully saturated rings. The number of nitrogens with two attached hydrogens (primary N) is 1. The van der Waals surface area contributed by atoms with Gasteiger partial charge in [-0.15, -0.1) is 0 Å². The zero-order valence-corrected chi connectivity index (χ0v) is 71.5. The number of fused-ring (bicyclic) bond motifs is 8. The number of benzene rings is 4. The standard InChI is InChI=1S/C43H51FN6O5Si.C33H39BrFN3O3Si.C10H13N3O2/c1-42(2,3)28-19-27-25-46-50(41(53)38(27)33(44)20-28)35-12-10-11-30-31(35)21-29(55-56(8,9)43(4,5)6)22-36-32(30)23-34(40(52)48(36)7)47-37-14-13-26(24-45-37)39(51)49-15-17-54-18-16-49;1-32(2,3)20-13-19-18-36-38(31(40)29(19)26(35)14-20)27-12-10-11-22-23(27)15-21(41-42(8,9)33(4,5)6)16-28-24(22)17-25(34)30(39)37(28)7;11-9-2-1-8(7-12-9)10(14)13-3-5-15-6-4-13/h10-14,19-20,23-25,29H,15-18,21-22H2,1-9H3,(H,45,47);10-14,17-18,21H,15-16H2,1-9H3;1-2,7H,3-6H2,(H2,11,12). The number of carbonyl (C=O) groups excluding carboxylic acids is 2. The van der Waals surface area contributed by atoms with Crippen LogP contribution in [0.2, 0.25) is 36.3 Å². The zero-order chi connectivity index (χ0) is 81.9. The van der Waals surface area contributed by atoms with Crippen LogP contribution < -0.4 is 33.3 Å². The molecule has 0 bridgehead atoms. The fourth-order valence-corrected chi connectivity index (χ4v) is 17.5. The van der Waals surface area contributed by atoms with Crippen LogP contribution >= 0.6 is 15.9 Å². The third kappa shape index (κ3) is 17.3. The Morgan fingerprint density at radius 3 is 1.34 bits per heavy atom. The number of hydrogen-bond acceptors (Lipinski definition) is 16. The summed E-state index contributed by atoms with van der Waals surface area (Å²) in [6.45, 7) is 38.6. The molecule has 596 valence electrons. The SMILES string of the molecule is Cn1c2c(cc(Br)c1=O)-c1cccc(-n3ncc4cc(C(C)(C)C)cc(F)c4c3=O)c1CC(O[Si](C)(C)C(C)(C)C)C2.Cn1c2c(cc(Nc3ccc(C(=O)N4CCOCC4)cn3)c1=O)-c1cccc(-n3ncc4cc(C(C)(C)C)cc(F)c4c3=O)c1CC(O[Si](C)(C)C(C)(C)C)C2.Nc1ccc(C(=O)N2CCOCC2)cn1. The molecule has 2 amide bonds. The maximum absolute atomic E-state index is 15.8. The van der Waals surface area contributed by atoms with Gasteiger partial charge in [0.05, 0.1) is 88.8 Å². The molecule has 10 aromatic rings. The van der Waals surface area contributed by atoms with Gasteiger partial charge >= 0.3 is 0 Å². The predicted molar refractivity (Wildman–Crippen MR) is 450 cm³/mol. The first kappa shape index (κ1) is 83.0. The van der Waals surface area contributed by atoms with E-state index in [1.165, 1.54) is 33.9 Å². The Bertz CT molecular complexity index is 5590. The van der Waals surface area contributed by atoms with Crippen molar-refractivity contribution < 1.29 is 36.7 Å². The van der Waals surface area contributed by atoms with E-state index in [0.29, 0.717) is 133 Å². The fraction of sp³-hybridized carbons (Fsp3) is 0.419. The van der Waals surface area contributed by atoms with Crippen molar-refractivity contribution in [3.8, 4) is 33.6 Å². The van der Waals surface area contributed by atoms with Crippen LogP contribution in [0.3, 0.4) is 0 Å². The van der Waals surface area contributed by atoms with Crippen LogP contribution in [-0.4, -0.2) is 142 Å². The Morgan fingerprint density at radius 2 is 0.938 bits per heavy atom. The number of ether oxygens (including phenoxy) is 2. The smallest absolute Gasteiger partial charge is 0.282 e. The Hall–Kier alpha value is -9.49. The minimum Gasteiger partial charge on any atom is -0.413 e. The number of morpholine rings is 2. The minimum absolute atomic E-state index is 0.00852. The van der Waals surface area contributed by atoms with E-state index in [1.54, 1.807) is 69.7 Å². The molecule has 2 aliphatic carbocycles. The minimum atomic E-state index is -2.32. The molecular weight excluding hydrogens is 1540 g/mol. The number of nitrogen functional groups attached to an aromatic ring is 1. The first-order chi connectivity index (χ1) is 53.0. The lowest BCUT2D eigenvalue weighted by molar-refractivity contribution is 0.0301. The second kappa shape index (κ2) is 32.1. The number of halogens is 3. The van der Waals surface area contributed by atoms with E-state index in [-0.39, 0.29) is 66.8 Å². The van der Waals surface area contributed by atoms with Gasteiger partial charge in [0.15, 0.2) is 16.6 Å². The Labute approximate surface area is 668 Å². The monoisotopic (exact) mass is 1640 g/mol. The molecule has 0 radical (unpaired) electrons. The molecule has 113 heavy (non-hydrogen) atoms. The molecular formula is C86H103BrF2N12O10Si2. The highest BCUT2D eigenvalue weighted by Gasteiger charge is 2.43. The molecule has 2 saturated heterocycles. The lowest BCUT2D eigenvalue weighted by Gasteiger charge is -2.39. The second-order valence-corrected chi connectivity index (χ2v) is 45.2. The van der Waals surface area contributed by atoms with Gasteiger partial charge in [-0.1, -0.05) is 107 Å². The Kier molecular flexibility index (Phi) is 23.5. The van der Waals surface area contributed by atoms with Crippen molar-refractivity contribution in [1.82, 2.24) is 48.5 Å². The molecule has 2 unspecified atom stereocenters. The van der Waals surface area contributed by atoms with Gasteiger partial charge in [-0.2, -0.15) is 19.6 Å². The van der Waals surface area contributed by atoms with E-state index in [1.807, 2.05) is 102 Å². The summed E-state index contributed by atoms with van der Waals surface area (Å²) in [5, 5.41) is 13.2. The number of nitrogens with zero attached hydrogens (tertiary/aromatic N) is 10. The summed E-state index contributed by atoms with van der Waals surface area (Å²) >= 11 is 3.46. The number of anilines is 3. The van der Waals surface area contributed by atoms with Crippen molar-refractivity contribution in [2.45, 2.75) is 168 Å². The highest BCUT2D eigenvalue weighted by molar-refractivity contribution is 9.10. The summed E-state index contributed by atoms with van der Waals surface area (Å²) in [7, 11) is -0.981. The molecule has 8 heterocycles. The van der Waals surface area contributed by atoms with Crippen molar-refractivity contribution in [3.05, 3.63) is 224 Å². The van der Waals surface area contributed by atoms with E-state index in [4.69, 9.17) is 24.1 Å². The lowest BCUT2D eigenvalue weighted by atomic mass is 9.86. The average Bonchev–Trinajstić information content (AvgIpc) is 1.75. The van der Waals surface area contributed by atoms with Crippen molar-refractivity contribution in [1.29, 1.82) is 0 Å². The number of pyridine rings is 4. The van der Waals surface area contributed by atoms with Gasteiger partial charge in [-0.3, -0.25) is 28.8 Å². The van der Waals surface area contributed by atoms with Gasteiger partial charge in [0.25, 0.3) is 34.1 Å². The van der Waals surface area contributed by atoms with Gasteiger partial charge in [-0.05, 0) is 169 Å². The highest BCUT2D eigenvalue weighted by atomic mass is 79.9. The number of amides is 2. The zero-order valence-electron chi connectivity index (χ0n) is 68.0. The predicted octanol–water partition coefficient (Wildman–Crippen LogP) is 14.9. The number of rotatable bonds is 10. The van der Waals surface area contributed by atoms with Crippen LogP contribution in [0.4, 0.5) is 26.1 Å². The van der Waals surface area contributed by atoms with E-state index >= 15 is 8.78 Å². The molecule has 6 aromatic heterocycles. The third-order valence-electron chi connectivity index (χ3n) is 22.9. The number of aromatic nitrogens is 8. The topological polar surface area (TPSA) is 255 Å². The van der Waals surface area contributed by atoms with Gasteiger partial charge in [0.2, 0.25) is 0 Å². The number of hydrogen-bond donors (Lipinski definition) is 2. The van der Waals surface area contributed by atoms with Gasteiger partial charge in [-0.25, -0.2) is 18.7 Å². The molecule has 4 aliphatic rings. The average molecular weight is 1640 g/mol. The summed E-state index contributed by atoms with van der Waals surface area (Å²) in [4.78, 5) is 92.0. The van der Waals surface area contributed by atoms with Crippen LogP contribution in [0.15, 0.2) is 146 Å². The Balaban J connectivity index is 0.000000181. The maximum atomic E-state index is 15.8.